The van der Waals surface area contributed by atoms with E-state index in [0.717, 1.165) is 31.0 Å². The fourth-order valence-corrected chi connectivity index (χ4v) is 2.11. The zero-order valence-corrected chi connectivity index (χ0v) is 12.5. The maximum Gasteiger partial charge on any atom is 0.407 e. The summed E-state index contributed by atoms with van der Waals surface area (Å²) in [6.45, 7) is 9.07. The van der Waals surface area contributed by atoms with Crippen LogP contribution in [-0.4, -0.2) is 40.8 Å². The molecule has 1 N–H and O–H groups in total. The first-order valence-corrected chi connectivity index (χ1v) is 6.86. The van der Waals surface area contributed by atoms with Crippen LogP contribution in [0, 0.1) is 6.92 Å². The zero-order chi connectivity index (χ0) is 14.8. The topological polar surface area (TPSA) is 67.4 Å². The number of hydrogen-bond acceptors (Lipinski definition) is 5. The number of carbonyl (C=O) groups excluding carboxylic acids is 1. The molecule has 1 amide bonds. The molecular formula is C14H22N4O2. The molecule has 0 spiro atoms. The van der Waals surface area contributed by atoms with Gasteiger partial charge in [-0.1, -0.05) is 0 Å². The summed E-state index contributed by atoms with van der Waals surface area (Å²) in [6, 6.07) is 0.0907. The Bertz CT molecular complexity index is 467. The second kappa shape index (κ2) is 5.64. The molecule has 1 atom stereocenters. The second-order valence-corrected chi connectivity index (χ2v) is 6.09. The van der Waals surface area contributed by atoms with Gasteiger partial charge in [0, 0.05) is 13.1 Å². The minimum atomic E-state index is -0.467. The molecule has 20 heavy (non-hydrogen) atoms. The number of aryl methyl sites for hydroxylation is 1. The third-order valence-corrected chi connectivity index (χ3v) is 3.00. The Balaban J connectivity index is 1.86. The Morgan fingerprint density at radius 3 is 2.75 bits per heavy atom. The van der Waals surface area contributed by atoms with Crippen LogP contribution in [0.3, 0.4) is 0 Å². The normalized spacial score (nSPS) is 19.0. The Morgan fingerprint density at radius 2 is 2.15 bits per heavy atom. The minimum absolute atomic E-state index is 0.0907. The van der Waals surface area contributed by atoms with E-state index in [1.807, 2.05) is 27.7 Å². The van der Waals surface area contributed by atoms with E-state index in [2.05, 4.69) is 20.2 Å². The molecule has 1 aromatic heterocycles. The van der Waals surface area contributed by atoms with E-state index in [0.29, 0.717) is 0 Å². The molecule has 1 aromatic rings. The lowest BCUT2D eigenvalue weighted by Crippen LogP contribution is -2.40. The lowest BCUT2D eigenvalue weighted by Gasteiger charge is -2.22. The average Bonchev–Trinajstić information content (AvgIpc) is 2.75. The number of ether oxygens (including phenoxy) is 1. The van der Waals surface area contributed by atoms with Crippen LogP contribution < -0.4 is 10.2 Å². The standard InChI is InChI=1S/C14H22N4O2/c1-10-7-16-12(8-15-10)18-6-5-11(9-18)17-13(19)20-14(2,3)4/h7-8,11H,5-6,9H2,1-4H3,(H,17,19). The highest BCUT2D eigenvalue weighted by atomic mass is 16.6. The Morgan fingerprint density at radius 1 is 1.40 bits per heavy atom. The summed E-state index contributed by atoms with van der Waals surface area (Å²) in [4.78, 5) is 22.4. The van der Waals surface area contributed by atoms with Gasteiger partial charge in [0.05, 0.1) is 24.1 Å². The molecule has 0 aromatic carbocycles. The predicted octanol–water partition coefficient (Wildman–Crippen LogP) is 1.89. The van der Waals surface area contributed by atoms with Gasteiger partial charge in [-0.15, -0.1) is 0 Å². The van der Waals surface area contributed by atoms with Crippen molar-refractivity contribution >= 4 is 11.9 Å². The summed E-state index contributed by atoms with van der Waals surface area (Å²) in [7, 11) is 0. The van der Waals surface area contributed by atoms with Crippen molar-refractivity contribution in [1.29, 1.82) is 0 Å². The van der Waals surface area contributed by atoms with Crippen LogP contribution >= 0.6 is 0 Å². The molecule has 1 saturated heterocycles. The summed E-state index contributed by atoms with van der Waals surface area (Å²) < 4.78 is 5.26. The summed E-state index contributed by atoms with van der Waals surface area (Å²) in [5, 5.41) is 2.90. The number of nitrogens with zero attached hydrogens (tertiary/aromatic N) is 3. The third kappa shape index (κ3) is 4.08. The van der Waals surface area contributed by atoms with Gasteiger partial charge < -0.3 is 15.0 Å². The largest absolute Gasteiger partial charge is 0.444 e. The van der Waals surface area contributed by atoms with Crippen LogP contribution in [0.5, 0.6) is 0 Å². The van der Waals surface area contributed by atoms with Gasteiger partial charge in [0.15, 0.2) is 0 Å². The van der Waals surface area contributed by atoms with Crippen molar-refractivity contribution in [2.24, 2.45) is 0 Å². The van der Waals surface area contributed by atoms with E-state index in [9.17, 15) is 4.79 Å². The van der Waals surface area contributed by atoms with Gasteiger partial charge in [0.2, 0.25) is 0 Å². The molecule has 0 saturated carbocycles. The van der Waals surface area contributed by atoms with Gasteiger partial charge in [-0.05, 0) is 34.1 Å². The maximum atomic E-state index is 11.7. The predicted molar refractivity (Wildman–Crippen MR) is 76.8 cm³/mol. The molecule has 6 heteroatoms. The van der Waals surface area contributed by atoms with Crippen LogP contribution in [0.15, 0.2) is 12.4 Å². The van der Waals surface area contributed by atoms with Gasteiger partial charge in [0.1, 0.15) is 11.4 Å². The highest BCUT2D eigenvalue weighted by Gasteiger charge is 2.26. The summed E-state index contributed by atoms with van der Waals surface area (Å²) >= 11 is 0. The maximum absolute atomic E-state index is 11.7. The van der Waals surface area contributed by atoms with Crippen molar-refractivity contribution in [2.75, 3.05) is 18.0 Å². The molecule has 1 fully saturated rings. The highest BCUT2D eigenvalue weighted by molar-refractivity contribution is 5.68. The van der Waals surface area contributed by atoms with E-state index in [4.69, 9.17) is 4.74 Å². The van der Waals surface area contributed by atoms with Crippen molar-refractivity contribution in [3.05, 3.63) is 18.1 Å². The van der Waals surface area contributed by atoms with Crippen LogP contribution in [0.1, 0.15) is 32.9 Å². The molecular weight excluding hydrogens is 256 g/mol. The zero-order valence-electron chi connectivity index (χ0n) is 12.5. The lowest BCUT2D eigenvalue weighted by atomic mass is 10.2. The molecule has 6 nitrogen and oxygen atoms in total. The van der Waals surface area contributed by atoms with E-state index < -0.39 is 5.60 Å². The van der Waals surface area contributed by atoms with Crippen molar-refractivity contribution in [3.8, 4) is 0 Å². The average molecular weight is 278 g/mol. The molecule has 0 bridgehead atoms. The number of hydrogen-bond donors (Lipinski definition) is 1. The molecule has 1 aliphatic rings. The number of nitrogens with one attached hydrogen (secondary N) is 1. The summed E-state index contributed by atoms with van der Waals surface area (Å²) in [5.74, 6) is 0.851. The third-order valence-electron chi connectivity index (χ3n) is 3.00. The minimum Gasteiger partial charge on any atom is -0.444 e. The number of anilines is 1. The van der Waals surface area contributed by atoms with Crippen molar-refractivity contribution in [2.45, 2.75) is 45.8 Å². The van der Waals surface area contributed by atoms with Crippen LogP contribution in [0.4, 0.5) is 10.6 Å². The number of rotatable bonds is 2. The molecule has 0 aliphatic carbocycles. The summed E-state index contributed by atoms with van der Waals surface area (Å²) in [6.07, 6.45) is 4.04. The molecule has 0 radical (unpaired) electrons. The lowest BCUT2D eigenvalue weighted by molar-refractivity contribution is 0.0509. The SMILES string of the molecule is Cc1cnc(N2CCC(NC(=O)OC(C)(C)C)C2)cn1. The quantitative estimate of drug-likeness (QED) is 0.894. The molecule has 1 aliphatic heterocycles. The number of amides is 1. The molecule has 110 valence electrons. The molecule has 2 rings (SSSR count). The van der Waals surface area contributed by atoms with Crippen LogP contribution in [0.2, 0.25) is 0 Å². The first-order chi connectivity index (χ1) is 9.33. The van der Waals surface area contributed by atoms with Crippen molar-refractivity contribution in [3.63, 3.8) is 0 Å². The van der Waals surface area contributed by atoms with E-state index in [1.165, 1.54) is 0 Å². The Hall–Kier alpha value is -1.85. The number of aromatic nitrogens is 2. The van der Waals surface area contributed by atoms with Crippen molar-refractivity contribution in [1.82, 2.24) is 15.3 Å². The van der Waals surface area contributed by atoms with Gasteiger partial charge >= 0.3 is 6.09 Å². The monoisotopic (exact) mass is 278 g/mol. The van der Waals surface area contributed by atoms with Gasteiger partial charge in [-0.2, -0.15) is 0 Å². The summed E-state index contributed by atoms with van der Waals surface area (Å²) in [5.41, 5.74) is 0.432. The smallest absolute Gasteiger partial charge is 0.407 e. The van der Waals surface area contributed by atoms with Gasteiger partial charge in [-0.3, -0.25) is 4.98 Å². The second-order valence-electron chi connectivity index (χ2n) is 6.09. The first kappa shape index (κ1) is 14.6. The van der Waals surface area contributed by atoms with Crippen LogP contribution in [0.25, 0.3) is 0 Å². The van der Waals surface area contributed by atoms with E-state index in [-0.39, 0.29) is 12.1 Å². The molecule has 1 unspecified atom stereocenters. The van der Waals surface area contributed by atoms with Crippen molar-refractivity contribution < 1.29 is 9.53 Å². The number of carbonyl (C=O) groups is 1. The molecule has 2 heterocycles. The van der Waals surface area contributed by atoms with E-state index >= 15 is 0 Å². The van der Waals surface area contributed by atoms with Gasteiger partial charge in [0.25, 0.3) is 0 Å². The fraction of sp³-hybridized carbons (Fsp3) is 0.643. The Labute approximate surface area is 119 Å². The van der Waals surface area contributed by atoms with Crippen LogP contribution in [-0.2, 0) is 4.74 Å². The Kier molecular flexibility index (Phi) is 4.11. The van der Waals surface area contributed by atoms with E-state index in [1.54, 1.807) is 12.4 Å². The fourth-order valence-electron chi connectivity index (χ4n) is 2.11. The first-order valence-electron chi connectivity index (χ1n) is 6.86. The highest BCUT2D eigenvalue weighted by Crippen LogP contribution is 2.17. The van der Waals surface area contributed by atoms with Gasteiger partial charge in [-0.25, -0.2) is 9.78 Å². The number of alkyl carbamates (subject to hydrolysis) is 1.